The van der Waals surface area contributed by atoms with Crippen LogP contribution in [-0.2, 0) is 23.7 Å². The Balaban J connectivity index is 2.06. The lowest BCUT2D eigenvalue weighted by Gasteiger charge is -2.39. The molecule has 0 radical (unpaired) electrons. The number of aliphatic hydroxyl groups excluding tert-OH is 4. The highest BCUT2D eigenvalue weighted by Gasteiger charge is 2.44. The van der Waals surface area contributed by atoms with E-state index in [4.69, 9.17) is 18.9 Å². The van der Waals surface area contributed by atoms with Crippen LogP contribution in [0.4, 0.5) is 0 Å². The van der Waals surface area contributed by atoms with Gasteiger partial charge in [0.1, 0.15) is 30.5 Å². The van der Waals surface area contributed by atoms with E-state index in [2.05, 4.69) is 13.8 Å². The maximum Gasteiger partial charge on any atom is 0.306 e. The van der Waals surface area contributed by atoms with Gasteiger partial charge in [-0.1, -0.05) is 200 Å². The van der Waals surface area contributed by atoms with Crippen molar-refractivity contribution in [1.82, 2.24) is 0 Å². The molecule has 0 aromatic carbocycles. The predicted molar refractivity (Wildman–Crippen MR) is 220 cm³/mol. The first-order valence-electron chi connectivity index (χ1n) is 23.1. The van der Waals surface area contributed by atoms with Crippen LogP contribution in [0.3, 0.4) is 0 Å². The predicted octanol–water partition coefficient (Wildman–Crippen LogP) is 10.3. The van der Waals surface area contributed by atoms with E-state index in [0.29, 0.717) is 13.0 Å². The molecule has 322 valence electrons. The summed E-state index contributed by atoms with van der Waals surface area (Å²) in [6, 6.07) is 0. The Morgan fingerprint density at radius 1 is 0.519 bits per heavy atom. The Hall–Kier alpha value is -0.810. The molecule has 0 spiro atoms. The fourth-order valence-corrected chi connectivity index (χ4v) is 7.38. The molecule has 1 aliphatic rings. The first-order chi connectivity index (χ1) is 26.4. The van der Waals surface area contributed by atoms with Crippen molar-refractivity contribution in [3.05, 3.63) is 0 Å². The van der Waals surface area contributed by atoms with E-state index in [1.165, 1.54) is 167 Å². The number of hydrogen-bond acceptors (Lipinski definition) is 9. The molecule has 9 heteroatoms. The molecule has 1 aliphatic heterocycles. The highest BCUT2D eigenvalue weighted by Crippen LogP contribution is 2.23. The van der Waals surface area contributed by atoms with Gasteiger partial charge in [0, 0.05) is 13.0 Å². The maximum atomic E-state index is 12.6. The van der Waals surface area contributed by atoms with Gasteiger partial charge >= 0.3 is 5.97 Å². The fraction of sp³-hybridized carbons (Fsp3) is 0.978. The number of hydrogen-bond donors (Lipinski definition) is 4. The van der Waals surface area contributed by atoms with Crippen molar-refractivity contribution in [1.29, 1.82) is 0 Å². The van der Waals surface area contributed by atoms with Gasteiger partial charge in [0.15, 0.2) is 6.29 Å². The average molecular weight is 773 g/mol. The van der Waals surface area contributed by atoms with Crippen molar-refractivity contribution in [3.8, 4) is 0 Å². The number of aliphatic hydroxyl groups is 4. The van der Waals surface area contributed by atoms with Crippen LogP contribution < -0.4 is 0 Å². The van der Waals surface area contributed by atoms with Gasteiger partial charge in [-0.25, -0.2) is 0 Å². The summed E-state index contributed by atoms with van der Waals surface area (Å²) in [4.78, 5) is 12.6. The monoisotopic (exact) mass is 773 g/mol. The average Bonchev–Trinajstić information content (AvgIpc) is 3.17. The molecular formula is C45H88O9. The van der Waals surface area contributed by atoms with Gasteiger partial charge in [-0.05, 0) is 12.8 Å². The van der Waals surface area contributed by atoms with E-state index >= 15 is 0 Å². The van der Waals surface area contributed by atoms with Crippen LogP contribution in [0.5, 0.6) is 0 Å². The topological polar surface area (TPSA) is 135 Å². The van der Waals surface area contributed by atoms with Crippen molar-refractivity contribution in [2.75, 3.05) is 26.4 Å². The summed E-state index contributed by atoms with van der Waals surface area (Å²) in [5.74, 6) is -0.318. The molecule has 1 rings (SSSR count). The molecule has 0 aliphatic carbocycles. The smallest absolute Gasteiger partial charge is 0.306 e. The van der Waals surface area contributed by atoms with Crippen LogP contribution in [0, 0.1) is 0 Å². The molecular weight excluding hydrogens is 684 g/mol. The Kier molecular flexibility index (Phi) is 35.8. The third kappa shape index (κ3) is 28.6. The van der Waals surface area contributed by atoms with Crippen molar-refractivity contribution in [2.45, 2.75) is 256 Å². The zero-order valence-corrected chi connectivity index (χ0v) is 35.3. The zero-order valence-electron chi connectivity index (χ0n) is 35.3. The highest BCUT2D eigenvalue weighted by molar-refractivity contribution is 5.69. The normalized spacial score (nSPS) is 20.7. The summed E-state index contributed by atoms with van der Waals surface area (Å²) in [5.41, 5.74) is 0. The minimum atomic E-state index is -1.53. The summed E-state index contributed by atoms with van der Waals surface area (Å²) in [7, 11) is 0. The lowest BCUT2D eigenvalue weighted by atomic mass is 9.99. The molecule has 0 aromatic heterocycles. The van der Waals surface area contributed by atoms with E-state index in [9.17, 15) is 25.2 Å². The number of esters is 1. The Morgan fingerprint density at radius 2 is 0.907 bits per heavy atom. The number of carbonyl (C=O) groups excluding carboxylic acids is 1. The van der Waals surface area contributed by atoms with E-state index in [1.54, 1.807) is 0 Å². The largest absolute Gasteiger partial charge is 0.457 e. The van der Waals surface area contributed by atoms with Crippen LogP contribution in [0.1, 0.15) is 219 Å². The van der Waals surface area contributed by atoms with E-state index in [1.807, 2.05) is 0 Å². The summed E-state index contributed by atoms with van der Waals surface area (Å²) in [6.45, 7) is 4.53. The SMILES string of the molecule is CCCCCCCCCCCCCCCCCCCCCCCCCCCOCC(COC1OC(CO)C(O)C(O)C1O)OC(=O)CCCCCCCC. The lowest BCUT2D eigenvalue weighted by Crippen LogP contribution is -2.59. The van der Waals surface area contributed by atoms with Crippen LogP contribution in [0.2, 0.25) is 0 Å². The first kappa shape index (κ1) is 51.2. The van der Waals surface area contributed by atoms with Crippen molar-refractivity contribution in [3.63, 3.8) is 0 Å². The maximum absolute atomic E-state index is 12.6. The fourth-order valence-electron chi connectivity index (χ4n) is 7.38. The van der Waals surface area contributed by atoms with Gasteiger partial charge in [0.2, 0.25) is 0 Å². The van der Waals surface area contributed by atoms with Gasteiger partial charge in [-0.15, -0.1) is 0 Å². The minimum Gasteiger partial charge on any atom is -0.457 e. The minimum absolute atomic E-state index is 0.107. The summed E-state index contributed by atoms with van der Waals surface area (Å²) >= 11 is 0. The molecule has 6 atom stereocenters. The van der Waals surface area contributed by atoms with Gasteiger partial charge < -0.3 is 39.4 Å². The lowest BCUT2D eigenvalue weighted by molar-refractivity contribution is -0.305. The summed E-state index contributed by atoms with van der Waals surface area (Å²) in [5, 5.41) is 39.9. The van der Waals surface area contributed by atoms with Crippen LogP contribution >= 0.6 is 0 Å². The number of rotatable bonds is 40. The third-order valence-corrected chi connectivity index (χ3v) is 11.0. The molecule has 0 saturated carbocycles. The van der Waals surface area contributed by atoms with Gasteiger partial charge in [0.05, 0.1) is 19.8 Å². The molecule has 0 bridgehead atoms. The zero-order chi connectivity index (χ0) is 39.3. The van der Waals surface area contributed by atoms with Crippen LogP contribution in [0.15, 0.2) is 0 Å². The standard InChI is InChI=1S/C45H88O9/c1-3-5-7-9-11-12-13-14-15-16-17-18-19-20-21-22-23-24-25-26-27-28-29-31-33-35-51-37-39(53-41(47)34-32-30-10-8-6-4-2)38-52-45-44(50)43(49)42(48)40(36-46)54-45/h39-40,42-46,48-50H,3-38H2,1-2H3. The van der Waals surface area contributed by atoms with E-state index in [0.717, 1.165) is 32.1 Å². The second-order valence-electron chi connectivity index (χ2n) is 16.2. The second kappa shape index (κ2) is 37.7. The summed E-state index contributed by atoms with van der Waals surface area (Å²) < 4.78 is 22.7. The molecule has 4 N–H and O–H groups in total. The number of carbonyl (C=O) groups is 1. The van der Waals surface area contributed by atoms with Gasteiger partial charge in [-0.2, -0.15) is 0 Å². The molecule has 9 nitrogen and oxygen atoms in total. The number of ether oxygens (including phenoxy) is 4. The van der Waals surface area contributed by atoms with E-state index in [-0.39, 0.29) is 19.2 Å². The molecule has 1 fully saturated rings. The first-order valence-corrected chi connectivity index (χ1v) is 23.1. The Bertz CT molecular complexity index is 797. The molecule has 1 heterocycles. The van der Waals surface area contributed by atoms with Crippen LogP contribution in [0.25, 0.3) is 0 Å². The molecule has 0 amide bonds. The molecule has 54 heavy (non-hydrogen) atoms. The molecule has 6 unspecified atom stereocenters. The van der Waals surface area contributed by atoms with E-state index < -0.39 is 43.4 Å². The second-order valence-corrected chi connectivity index (χ2v) is 16.2. The van der Waals surface area contributed by atoms with Crippen molar-refractivity contribution >= 4 is 5.97 Å². The van der Waals surface area contributed by atoms with Crippen molar-refractivity contribution < 1.29 is 44.2 Å². The molecule has 0 aromatic rings. The Labute approximate surface area is 332 Å². The number of unbranched alkanes of at least 4 members (excludes halogenated alkanes) is 29. The van der Waals surface area contributed by atoms with Gasteiger partial charge in [0.25, 0.3) is 0 Å². The highest BCUT2D eigenvalue weighted by atomic mass is 16.7. The third-order valence-electron chi connectivity index (χ3n) is 11.0. The van der Waals surface area contributed by atoms with Crippen molar-refractivity contribution in [2.24, 2.45) is 0 Å². The summed E-state index contributed by atoms with van der Waals surface area (Å²) in [6.07, 6.45) is 33.3. The molecule has 1 saturated heterocycles. The van der Waals surface area contributed by atoms with Crippen LogP contribution in [-0.4, -0.2) is 89.6 Å². The van der Waals surface area contributed by atoms with Gasteiger partial charge in [-0.3, -0.25) is 4.79 Å². The quantitative estimate of drug-likeness (QED) is 0.0355. The Morgan fingerprint density at radius 3 is 1.31 bits per heavy atom.